The van der Waals surface area contributed by atoms with Crippen molar-refractivity contribution in [3.8, 4) is 0 Å². The zero-order valence-corrected chi connectivity index (χ0v) is 7.57. The lowest BCUT2D eigenvalue weighted by molar-refractivity contribution is -0.430. The molecule has 2 nitrogen and oxygen atoms in total. The Labute approximate surface area is 76.6 Å². The lowest BCUT2D eigenvalue weighted by atomic mass is 9.13. The van der Waals surface area contributed by atoms with Crippen LogP contribution in [0.5, 0.6) is 0 Å². The van der Waals surface area contributed by atoms with Gasteiger partial charge in [0.1, 0.15) is 0 Å². The molecule has 0 amide bonds. The van der Waals surface area contributed by atoms with Gasteiger partial charge in [-0.1, -0.05) is 0 Å². The molecular weight excluding hydrogens is 164 g/mol. The van der Waals surface area contributed by atoms with Crippen molar-refractivity contribution in [1.29, 1.82) is 0 Å². The van der Waals surface area contributed by atoms with Crippen molar-refractivity contribution in [3.05, 3.63) is 0 Å². The number of ether oxygens (including phenoxy) is 1. The normalized spacial score (nSPS) is 77.2. The predicted molar refractivity (Wildman–Crippen MR) is 43.5 cm³/mol. The molecule has 6 saturated carbocycles. The summed E-state index contributed by atoms with van der Waals surface area (Å²) in [6.45, 7) is 0. The third kappa shape index (κ3) is 0.272. The summed E-state index contributed by atoms with van der Waals surface area (Å²) in [6.07, 6.45) is 1.46. The minimum absolute atomic E-state index is 0.0990. The van der Waals surface area contributed by atoms with E-state index in [0.29, 0.717) is 0 Å². The first kappa shape index (κ1) is 6.05. The monoisotopic (exact) mass is 176 g/mol. The van der Waals surface area contributed by atoms with Gasteiger partial charge in [-0.2, -0.15) is 0 Å². The zero-order chi connectivity index (χ0) is 8.53. The quantitative estimate of drug-likeness (QED) is 0.555. The van der Waals surface area contributed by atoms with Crippen LogP contribution in [-0.2, 0) is 9.53 Å². The minimum atomic E-state index is 0.0990. The van der Waals surface area contributed by atoms with Crippen LogP contribution in [0.3, 0.4) is 0 Å². The standard InChI is InChI=1S/C11H12O2/c1-13-10(12)11-7-4-2-3-5(7)9(11)6(3)8(4)11/h3-9H,2H2,1H3/t3?,4?,5-,6+,7-,8-,9?,11?/m1/s1. The molecule has 0 aliphatic heterocycles. The number of methoxy groups -OCH3 is 1. The fraction of sp³-hybridized carbons (Fsp3) is 0.909. The molecule has 0 heterocycles. The van der Waals surface area contributed by atoms with Crippen molar-refractivity contribution >= 4 is 5.97 Å². The Balaban J connectivity index is 1.68. The highest BCUT2D eigenvalue weighted by Gasteiger charge is 3.00. The topological polar surface area (TPSA) is 26.3 Å². The van der Waals surface area contributed by atoms with Crippen LogP contribution in [0.4, 0.5) is 0 Å². The Bertz CT molecular complexity index is 337. The molecule has 0 spiro atoms. The summed E-state index contributed by atoms with van der Waals surface area (Å²) in [4.78, 5) is 11.7. The summed E-state index contributed by atoms with van der Waals surface area (Å²) in [5.41, 5.74) is 0.0990. The summed E-state index contributed by atoms with van der Waals surface area (Å²) >= 11 is 0. The molecule has 0 N–H and O–H groups in total. The lowest BCUT2D eigenvalue weighted by Gasteiger charge is -2.89. The zero-order valence-electron chi connectivity index (χ0n) is 7.57. The van der Waals surface area contributed by atoms with Crippen molar-refractivity contribution in [2.24, 2.45) is 46.8 Å². The lowest BCUT2D eigenvalue weighted by Crippen LogP contribution is -2.90. The van der Waals surface area contributed by atoms with Gasteiger partial charge in [0.25, 0.3) is 0 Å². The largest absolute Gasteiger partial charge is 0.469 e. The van der Waals surface area contributed by atoms with E-state index in [1.165, 1.54) is 6.42 Å². The minimum Gasteiger partial charge on any atom is -0.469 e. The number of esters is 1. The fourth-order valence-electron chi connectivity index (χ4n) is 6.47. The highest BCUT2D eigenvalue weighted by atomic mass is 16.5. The molecule has 13 heavy (non-hydrogen) atoms. The van der Waals surface area contributed by atoms with Crippen LogP contribution < -0.4 is 0 Å². The first-order valence-electron chi connectivity index (χ1n) is 5.42. The molecule has 0 aromatic heterocycles. The van der Waals surface area contributed by atoms with E-state index in [1.54, 1.807) is 7.11 Å². The van der Waals surface area contributed by atoms with E-state index in [2.05, 4.69) is 0 Å². The molecule has 6 aliphatic carbocycles. The maximum Gasteiger partial charge on any atom is 0.312 e. The summed E-state index contributed by atoms with van der Waals surface area (Å²) in [5, 5.41) is 0. The smallest absolute Gasteiger partial charge is 0.312 e. The third-order valence-electron chi connectivity index (χ3n) is 6.31. The summed E-state index contributed by atoms with van der Waals surface area (Å²) in [7, 11) is 1.56. The molecule has 68 valence electrons. The van der Waals surface area contributed by atoms with Crippen molar-refractivity contribution in [2.75, 3.05) is 7.11 Å². The maximum absolute atomic E-state index is 11.7. The summed E-state index contributed by atoms with van der Waals surface area (Å²) < 4.78 is 4.98. The third-order valence-corrected chi connectivity index (χ3v) is 6.31. The second kappa shape index (κ2) is 1.27. The van der Waals surface area contributed by atoms with E-state index in [4.69, 9.17) is 4.74 Å². The molecule has 2 bridgehead atoms. The molecule has 6 fully saturated rings. The van der Waals surface area contributed by atoms with Crippen LogP contribution in [0.15, 0.2) is 0 Å². The van der Waals surface area contributed by atoms with E-state index >= 15 is 0 Å². The van der Waals surface area contributed by atoms with E-state index in [1.807, 2.05) is 0 Å². The van der Waals surface area contributed by atoms with Gasteiger partial charge in [-0.3, -0.25) is 4.79 Å². The fourth-order valence-corrected chi connectivity index (χ4v) is 6.47. The van der Waals surface area contributed by atoms with Gasteiger partial charge in [-0.05, 0) is 47.8 Å². The van der Waals surface area contributed by atoms with Crippen LogP contribution in [-0.4, -0.2) is 13.1 Å². The van der Waals surface area contributed by atoms with E-state index < -0.39 is 0 Å². The highest BCUT2D eigenvalue weighted by Crippen LogP contribution is 2.99. The van der Waals surface area contributed by atoms with Gasteiger partial charge in [-0.25, -0.2) is 0 Å². The molecule has 0 aromatic rings. The van der Waals surface area contributed by atoms with Crippen molar-refractivity contribution < 1.29 is 9.53 Å². The molecular formula is C11H12O2. The van der Waals surface area contributed by atoms with Gasteiger partial charge in [0.15, 0.2) is 0 Å². The Morgan fingerprint density at radius 2 is 1.92 bits per heavy atom. The van der Waals surface area contributed by atoms with Gasteiger partial charge in [0.2, 0.25) is 0 Å². The number of hydrogen-bond acceptors (Lipinski definition) is 2. The molecule has 0 saturated heterocycles. The number of hydrogen-bond donors (Lipinski definition) is 0. The van der Waals surface area contributed by atoms with Crippen LogP contribution in [0.1, 0.15) is 6.42 Å². The SMILES string of the molecule is COC(=O)C12C3[C@H]4C5CC([C@H]41)[C@@H]2[C@@H]53. The molecule has 0 aromatic carbocycles. The van der Waals surface area contributed by atoms with Gasteiger partial charge in [-0.15, -0.1) is 0 Å². The Morgan fingerprint density at radius 3 is 2.46 bits per heavy atom. The van der Waals surface area contributed by atoms with Crippen molar-refractivity contribution in [1.82, 2.24) is 0 Å². The molecule has 2 heteroatoms. The summed E-state index contributed by atoms with van der Waals surface area (Å²) in [5.74, 6) is 6.43. The van der Waals surface area contributed by atoms with E-state index in [9.17, 15) is 4.79 Å². The van der Waals surface area contributed by atoms with Gasteiger partial charge < -0.3 is 4.74 Å². The van der Waals surface area contributed by atoms with E-state index in [0.717, 1.165) is 41.4 Å². The average molecular weight is 176 g/mol. The van der Waals surface area contributed by atoms with Crippen molar-refractivity contribution in [2.45, 2.75) is 6.42 Å². The average Bonchev–Trinajstić information content (AvgIpc) is 2.43. The van der Waals surface area contributed by atoms with Gasteiger partial charge in [0, 0.05) is 0 Å². The first-order chi connectivity index (χ1) is 6.33. The number of rotatable bonds is 1. The molecule has 8 atom stereocenters. The highest BCUT2D eigenvalue weighted by molar-refractivity contribution is 5.85. The van der Waals surface area contributed by atoms with Crippen LogP contribution >= 0.6 is 0 Å². The maximum atomic E-state index is 11.7. The molecule has 0 radical (unpaired) electrons. The summed E-state index contributed by atoms with van der Waals surface area (Å²) in [6, 6.07) is 0. The number of carbonyl (C=O) groups excluding carboxylic acids is 1. The van der Waals surface area contributed by atoms with E-state index in [-0.39, 0.29) is 11.4 Å². The Morgan fingerprint density at radius 1 is 1.23 bits per heavy atom. The molecule has 4 unspecified atom stereocenters. The van der Waals surface area contributed by atoms with Gasteiger partial charge >= 0.3 is 5.97 Å². The second-order valence-electron chi connectivity index (χ2n) is 5.72. The first-order valence-corrected chi connectivity index (χ1v) is 5.42. The van der Waals surface area contributed by atoms with Crippen molar-refractivity contribution in [3.63, 3.8) is 0 Å². The Hall–Kier alpha value is -0.530. The van der Waals surface area contributed by atoms with Crippen LogP contribution in [0.2, 0.25) is 0 Å². The van der Waals surface area contributed by atoms with Crippen LogP contribution in [0.25, 0.3) is 0 Å². The number of carbonyl (C=O) groups is 1. The Kier molecular flexibility index (Phi) is 0.591. The molecule has 6 rings (SSSR count). The van der Waals surface area contributed by atoms with Gasteiger partial charge in [0.05, 0.1) is 12.5 Å². The second-order valence-corrected chi connectivity index (χ2v) is 5.72. The molecule has 6 aliphatic rings. The predicted octanol–water partition coefficient (Wildman–Crippen LogP) is 0.917. The van der Waals surface area contributed by atoms with Crippen LogP contribution in [0, 0.1) is 46.8 Å².